The number of fused-ring (bicyclic) bond motifs is 1. The maximum Gasteiger partial charge on any atom is 0.418 e. The van der Waals surface area contributed by atoms with Gasteiger partial charge in [-0.05, 0) is 59.7 Å². The number of carbonyl (C=O) groups excluding carboxylic acids is 2. The first-order chi connectivity index (χ1) is 10.9. The van der Waals surface area contributed by atoms with Gasteiger partial charge in [0.2, 0.25) is 0 Å². The van der Waals surface area contributed by atoms with E-state index in [1.807, 2.05) is 32.9 Å². The van der Waals surface area contributed by atoms with Gasteiger partial charge in [0.15, 0.2) is 0 Å². The molecule has 24 heavy (non-hydrogen) atoms. The zero-order valence-electron chi connectivity index (χ0n) is 15.0. The first kappa shape index (κ1) is 17.8. The predicted octanol–water partition coefficient (Wildman–Crippen LogP) is 4.77. The molecule has 0 aliphatic carbocycles. The van der Waals surface area contributed by atoms with Gasteiger partial charge in [-0.1, -0.05) is 6.07 Å². The maximum absolute atomic E-state index is 12.3. The van der Waals surface area contributed by atoms with Gasteiger partial charge in [0.25, 0.3) is 0 Å². The van der Waals surface area contributed by atoms with E-state index in [1.165, 1.54) is 4.57 Å². The van der Waals surface area contributed by atoms with Gasteiger partial charge < -0.3 is 9.47 Å². The van der Waals surface area contributed by atoms with Crippen LogP contribution in [-0.2, 0) is 9.47 Å². The lowest BCUT2D eigenvalue weighted by molar-refractivity contribution is 0.0543. The summed E-state index contributed by atoms with van der Waals surface area (Å²) < 4.78 is 12.0. The van der Waals surface area contributed by atoms with Crippen LogP contribution < -0.4 is 5.32 Å². The van der Waals surface area contributed by atoms with Gasteiger partial charge in [-0.25, -0.2) is 9.59 Å². The van der Waals surface area contributed by atoms with E-state index in [4.69, 9.17) is 9.47 Å². The SMILES string of the molecule is CC(C)(C)OC(=O)Nc1ccc2ccn(C(=O)OC(C)(C)C)c2c1. The van der Waals surface area contributed by atoms with Crippen molar-refractivity contribution >= 4 is 28.8 Å². The van der Waals surface area contributed by atoms with E-state index in [9.17, 15) is 9.59 Å². The monoisotopic (exact) mass is 332 g/mol. The fourth-order valence-electron chi connectivity index (χ4n) is 2.10. The van der Waals surface area contributed by atoms with Gasteiger partial charge >= 0.3 is 12.2 Å². The van der Waals surface area contributed by atoms with E-state index in [0.29, 0.717) is 11.2 Å². The number of hydrogen-bond donors (Lipinski definition) is 1. The van der Waals surface area contributed by atoms with Gasteiger partial charge in [0.1, 0.15) is 11.2 Å². The van der Waals surface area contributed by atoms with Gasteiger partial charge in [0.05, 0.1) is 5.52 Å². The van der Waals surface area contributed by atoms with Crippen LogP contribution in [0.4, 0.5) is 15.3 Å². The molecule has 0 fully saturated rings. The second kappa shape index (κ2) is 6.19. The number of carbonyl (C=O) groups is 2. The highest BCUT2D eigenvalue weighted by Gasteiger charge is 2.20. The molecular weight excluding hydrogens is 308 g/mol. The summed E-state index contributed by atoms with van der Waals surface area (Å²) in [5, 5.41) is 3.54. The molecule has 0 saturated carbocycles. The summed E-state index contributed by atoms with van der Waals surface area (Å²) in [6.45, 7) is 10.8. The number of benzene rings is 1. The van der Waals surface area contributed by atoms with E-state index in [0.717, 1.165) is 5.39 Å². The van der Waals surface area contributed by atoms with E-state index in [1.54, 1.807) is 39.1 Å². The van der Waals surface area contributed by atoms with E-state index < -0.39 is 23.4 Å². The molecule has 130 valence electrons. The molecule has 1 heterocycles. The van der Waals surface area contributed by atoms with Crippen LogP contribution in [0, 0.1) is 0 Å². The number of aromatic nitrogens is 1. The molecule has 6 nitrogen and oxygen atoms in total. The van der Waals surface area contributed by atoms with Crippen molar-refractivity contribution in [2.75, 3.05) is 5.32 Å². The minimum atomic E-state index is -0.583. The van der Waals surface area contributed by atoms with E-state index in [2.05, 4.69) is 5.32 Å². The number of amides is 1. The van der Waals surface area contributed by atoms with Crippen LogP contribution in [0.3, 0.4) is 0 Å². The third-order valence-corrected chi connectivity index (χ3v) is 2.93. The van der Waals surface area contributed by atoms with Gasteiger partial charge in [-0.15, -0.1) is 0 Å². The number of anilines is 1. The third kappa shape index (κ3) is 4.75. The molecule has 2 aromatic rings. The lowest BCUT2D eigenvalue weighted by Gasteiger charge is -2.20. The Morgan fingerprint density at radius 2 is 1.58 bits per heavy atom. The Morgan fingerprint density at radius 1 is 0.958 bits per heavy atom. The topological polar surface area (TPSA) is 69.6 Å². The Labute approximate surface area is 141 Å². The fourth-order valence-corrected chi connectivity index (χ4v) is 2.10. The number of ether oxygens (including phenoxy) is 2. The van der Waals surface area contributed by atoms with Crippen molar-refractivity contribution in [2.24, 2.45) is 0 Å². The molecule has 0 bridgehead atoms. The smallest absolute Gasteiger partial charge is 0.418 e. The molecule has 1 amide bonds. The average Bonchev–Trinajstić information content (AvgIpc) is 2.77. The second-order valence-electron chi connectivity index (χ2n) is 7.57. The van der Waals surface area contributed by atoms with Gasteiger partial charge in [-0.3, -0.25) is 9.88 Å². The number of nitrogens with one attached hydrogen (secondary N) is 1. The maximum atomic E-state index is 12.3. The largest absolute Gasteiger partial charge is 0.444 e. The summed E-state index contributed by atoms with van der Waals surface area (Å²) in [6.07, 6.45) is 0.639. The van der Waals surface area contributed by atoms with E-state index in [-0.39, 0.29) is 0 Å². The Morgan fingerprint density at radius 3 is 2.17 bits per heavy atom. The van der Waals surface area contributed by atoms with Crippen molar-refractivity contribution in [3.63, 3.8) is 0 Å². The molecule has 1 aromatic carbocycles. The van der Waals surface area contributed by atoms with Crippen LogP contribution in [0.1, 0.15) is 41.5 Å². The molecule has 1 N–H and O–H groups in total. The summed E-state index contributed by atoms with van der Waals surface area (Å²) in [6, 6.07) is 7.11. The van der Waals surface area contributed by atoms with Crippen molar-refractivity contribution in [2.45, 2.75) is 52.7 Å². The quantitative estimate of drug-likeness (QED) is 0.816. The van der Waals surface area contributed by atoms with Crippen molar-refractivity contribution in [3.8, 4) is 0 Å². The molecule has 2 rings (SSSR count). The summed E-state index contributed by atoms with van der Waals surface area (Å²) in [7, 11) is 0. The van der Waals surface area contributed by atoms with Gasteiger partial charge in [-0.2, -0.15) is 0 Å². The van der Waals surface area contributed by atoms with Gasteiger partial charge in [0, 0.05) is 17.3 Å². The highest BCUT2D eigenvalue weighted by Crippen LogP contribution is 2.22. The van der Waals surface area contributed by atoms with E-state index >= 15 is 0 Å². The molecule has 1 aromatic heterocycles. The second-order valence-corrected chi connectivity index (χ2v) is 7.57. The van der Waals surface area contributed by atoms with Crippen LogP contribution in [0.15, 0.2) is 30.5 Å². The molecule has 0 aliphatic heterocycles. The first-order valence-corrected chi connectivity index (χ1v) is 7.79. The Kier molecular flexibility index (Phi) is 4.60. The van der Waals surface area contributed by atoms with Crippen LogP contribution in [0.2, 0.25) is 0 Å². The average molecular weight is 332 g/mol. The molecule has 0 saturated heterocycles. The normalized spacial score (nSPS) is 12.1. The molecule has 0 spiro atoms. The molecule has 0 unspecified atom stereocenters. The van der Waals surface area contributed by atoms with Crippen molar-refractivity contribution < 1.29 is 19.1 Å². The number of nitrogens with zero attached hydrogens (tertiary/aromatic N) is 1. The molecule has 0 atom stereocenters. The Balaban J connectivity index is 2.25. The molecule has 0 radical (unpaired) electrons. The fraction of sp³-hybridized carbons (Fsp3) is 0.444. The first-order valence-electron chi connectivity index (χ1n) is 7.79. The summed E-state index contributed by atoms with van der Waals surface area (Å²) in [4.78, 5) is 24.2. The lowest BCUT2D eigenvalue weighted by atomic mass is 10.2. The minimum Gasteiger partial charge on any atom is -0.444 e. The zero-order valence-corrected chi connectivity index (χ0v) is 15.0. The molecular formula is C18H24N2O4. The number of rotatable bonds is 1. The Bertz CT molecular complexity index is 763. The highest BCUT2D eigenvalue weighted by molar-refractivity contribution is 5.94. The predicted molar refractivity (Wildman–Crippen MR) is 93.4 cm³/mol. The standard InChI is InChI=1S/C18H24N2O4/c1-17(2,3)23-15(21)19-13-8-7-12-9-10-20(14(12)11-13)16(22)24-18(4,5)6/h7-11H,1-6H3,(H,19,21). The summed E-state index contributed by atoms with van der Waals surface area (Å²) in [5.74, 6) is 0. The lowest BCUT2D eigenvalue weighted by Crippen LogP contribution is -2.27. The summed E-state index contributed by atoms with van der Waals surface area (Å²) >= 11 is 0. The molecule has 6 heteroatoms. The highest BCUT2D eigenvalue weighted by atomic mass is 16.6. The van der Waals surface area contributed by atoms with Crippen LogP contribution in [0.5, 0.6) is 0 Å². The number of hydrogen-bond acceptors (Lipinski definition) is 4. The molecule has 0 aliphatic rings. The van der Waals surface area contributed by atoms with Crippen molar-refractivity contribution in [3.05, 3.63) is 30.5 Å². The van der Waals surface area contributed by atoms with Crippen LogP contribution >= 0.6 is 0 Å². The minimum absolute atomic E-state index is 0.466. The summed E-state index contributed by atoms with van der Waals surface area (Å²) in [5.41, 5.74) is 0.0309. The van der Waals surface area contributed by atoms with Crippen molar-refractivity contribution in [1.29, 1.82) is 0 Å². The van der Waals surface area contributed by atoms with Crippen LogP contribution in [0.25, 0.3) is 10.9 Å². The Hall–Kier alpha value is -2.50. The third-order valence-electron chi connectivity index (χ3n) is 2.93. The zero-order chi connectivity index (χ0) is 18.1. The van der Waals surface area contributed by atoms with Crippen LogP contribution in [-0.4, -0.2) is 28.0 Å². The van der Waals surface area contributed by atoms with Crippen molar-refractivity contribution in [1.82, 2.24) is 4.57 Å².